The SMILES string of the molecule is O=C(CSc1nnc(-c2ccc(Cl)cc2)n1C1CCCCC1)N/N=C\c1cccc(F)c1. The van der Waals surface area contributed by atoms with Crippen molar-refractivity contribution < 1.29 is 9.18 Å². The first-order chi connectivity index (χ1) is 15.6. The highest BCUT2D eigenvalue weighted by atomic mass is 35.5. The summed E-state index contributed by atoms with van der Waals surface area (Å²) < 4.78 is 15.4. The highest BCUT2D eigenvalue weighted by molar-refractivity contribution is 7.99. The van der Waals surface area contributed by atoms with Gasteiger partial charge in [-0.05, 0) is 54.8 Å². The molecule has 4 rings (SSSR count). The van der Waals surface area contributed by atoms with Crippen LogP contribution < -0.4 is 5.43 Å². The van der Waals surface area contributed by atoms with Crippen LogP contribution in [0.3, 0.4) is 0 Å². The minimum Gasteiger partial charge on any atom is -0.299 e. The fourth-order valence-electron chi connectivity index (χ4n) is 3.77. The Morgan fingerprint density at radius 3 is 2.72 bits per heavy atom. The summed E-state index contributed by atoms with van der Waals surface area (Å²) in [6.45, 7) is 0. The normalized spacial score (nSPS) is 14.7. The number of nitrogens with zero attached hydrogens (tertiary/aromatic N) is 4. The van der Waals surface area contributed by atoms with Crippen molar-refractivity contribution in [3.05, 3.63) is 64.9 Å². The Labute approximate surface area is 195 Å². The van der Waals surface area contributed by atoms with Gasteiger partial charge in [0.1, 0.15) is 5.82 Å². The predicted molar refractivity (Wildman–Crippen MR) is 125 cm³/mol. The van der Waals surface area contributed by atoms with Crippen LogP contribution in [0.25, 0.3) is 11.4 Å². The molecule has 0 spiro atoms. The number of hydrogen-bond acceptors (Lipinski definition) is 5. The van der Waals surface area contributed by atoms with Crippen molar-refractivity contribution in [2.75, 3.05) is 5.75 Å². The maximum atomic E-state index is 13.2. The third-order valence-electron chi connectivity index (χ3n) is 5.29. The third-order valence-corrected chi connectivity index (χ3v) is 6.49. The largest absolute Gasteiger partial charge is 0.299 e. The summed E-state index contributed by atoms with van der Waals surface area (Å²) in [7, 11) is 0. The molecule has 0 aliphatic heterocycles. The van der Waals surface area contributed by atoms with Gasteiger partial charge in [0, 0.05) is 16.6 Å². The lowest BCUT2D eigenvalue weighted by Gasteiger charge is -2.25. The Morgan fingerprint density at radius 1 is 1.19 bits per heavy atom. The van der Waals surface area contributed by atoms with Crippen LogP contribution in [0.15, 0.2) is 58.8 Å². The summed E-state index contributed by atoms with van der Waals surface area (Å²) in [5, 5.41) is 14.1. The molecule has 2 aromatic carbocycles. The van der Waals surface area contributed by atoms with E-state index in [-0.39, 0.29) is 17.5 Å². The number of halogens is 2. The second kappa shape index (κ2) is 10.7. The van der Waals surface area contributed by atoms with Crippen LogP contribution in [-0.4, -0.2) is 32.6 Å². The first-order valence-corrected chi connectivity index (χ1v) is 11.9. The van der Waals surface area contributed by atoms with Gasteiger partial charge in [-0.1, -0.05) is 54.8 Å². The van der Waals surface area contributed by atoms with E-state index < -0.39 is 0 Å². The predicted octanol–water partition coefficient (Wildman–Crippen LogP) is 5.49. The molecule has 9 heteroatoms. The number of aromatic nitrogens is 3. The van der Waals surface area contributed by atoms with E-state index in [9.17, 15) is 9.18 Å². The van der Waals surface area contributed by atoms with E-state index in [2.05, 4.69) is 25.3 Å². The Hall–Kier alpha value is -2.71. The molecule has 1 aromatic heterocycles. The van der Waals surface area contributed by atoms with Crippen molar-refractivity contribution in [2.45, 2.75) is 43.3 Å². The van der Waals surface area contributed by atoms with Crippen molar-refractivity contribution in [3.8, 4) is 11.4 Å². The molecule has 1 aliphatic carbocycles. The molecule has 0 radical (unpaired) electrons. The molecule has 32 heavy (non-hydrogen) atoms. The quantitative estimate of drug-likeness (QED) is 0.281. The van der Waals surface area contributed by atoms with Gasteiger partial charge in [-0.2, -0.15) is 5.10 Å². The molecule has 0 atom stereocenters. The number of hydrogen-bond donors (Lipinski definition) is 1. The topological polar surface area (TPSA) is 72.2 Å². The zero-order valence-corrected chi connectivity index (χ0v) is 18.9. The van der Waals surface area contributed by atoms with E-state index in [1.54, 1.807) is 12.1 Å². The molecule has 0 unspecified atom stereocenters. The second-order valence-corrected chi connectivity index (χ2v) is 8.99. The van der Waals surface area contributed by atoms with Crippen LogP contribution in [0.2, 0.25) is 5.02 Å². The number of hydrazone groups is 1. The molecular formula is C23H23ClFN5OS. The van der Waals surface area contributed by atoms with E-state index >= 15 is 0 Å². The summed E-state index contributed by atoms with van der Waals surface area (Å²) in [6, 6.07) is 13.9. The maximum Gasteiger partial charge on any atom is 0.250 e. The van der Waals surface area contributed by atoms with Gasteiger partial charge in [0.2, 0.25) is 0 Å². The molecule has 1 fully saturated rings. The Morgan fingerprint density at radius 2 is 1.97 bits per heavy atom. The number of amides is 1. The van der Waals surface area contributed by atoms with Crippen LogP contribution in [0.4, 0.5) is 4.39 Å². The smallest absolute Gasteiger partial charge is 0.250 e. The number of thioether (sulfide) groups is 1. The first-order valence-electron chi connectivity index (χ1n) is 10.5. The van der Waals surface area contributed by atoms with Crippen LogP contribution >= 0.6 is 23.4 Å². The lowest BCUT2D eigenvalue weighted by atomic mass is 9.95. The number of nitrogens with one attached hydrogen (secondary N) is 1. The van der Waals surface area contributed by atoms with E-state index in [0.717, 1.165) is 24.2 Å². The van der Waals surface area contributed by atoms with Crippen molar-refractivity contribution in [3.63, 3.8) is 0 Å². The molecular weight excluding hydrogens is 449 g/mol. The number of rotatable bonds is 7. The van der Waals surface area contributed by atoms with Gasteiger partial charge in [0.05, 0.1) is 12.0 Å². The van der Waals surface area contributed by atoms with Crippen LogP contribution in [0.5, 0.6) is 0 Å². The maximum absolute atomic E-state index is 13.2. The monoisotopic (exact) mass is 471 g/mol. The van der Waals surface area contributed by atoms with Crippen LogP contribution in [0.1, 0.15) is 43.7 Å². The average molecular weight is 472 g/mol. The first kappa shape index (κ1) is 22.5. The lowest BCUT2D eigenvalue weighted by molar-refractivity contribution is -0.118. The lowest BCUT2D eigenvalue weighted by Crippen LogP contribution is -2.20. The molecule has 1 N–H and O–H groups in total. The minimum atomic E-state index is -0.352. The molecule has 0 bridgehead atoms. The summed E-state index contributed by atoms with van der Waals surface area (Å²) in [4.78, 5) is 12.3. The van der Waals surface area contributed by atoms with Gasteiger partial charge in [0.25, 0.3) is 5.91 Å². The summed E-state index contributed by atoms with van der Waals surface area (Å²) in [6.07, 6.45) is 7.12. The zero-order chi connectivity index (χ0) is 22.3. The summed E-state index contributed by atoms with van der Waals surface area (Å²) in [5.41, 5.74) is 4.00. The highest BCUT2D eigenvalue weighted by Gasteiger charge is 2.24. The van der Waals surface area contributed by atoms with Crippen molar-refractivity contribution in [2.24, 2.45) is 5.10 Å². The van der Waals surface area contributed by atoms with E-state index in [0.29, 0.717) is 21.8 Å². The number of carbonyl (C=O) groups excluding carboxylic acids is 1. The molecule has 1 amide bonds. The van der Waals surface area contributed by atoms with E-state index in [4.69, 9.17) is 11.6 Å². The van der Waals surface area contributed by atoms with E-state index in [1.165, 1.54) is 49.4 Å². The Bertz CT molecular complexity index is 1100. The second-order valence-electron chi connectivity index (χ2n) is 7.61. The minimum absolute atomic E-state index is 0.145. The molecule has 1 saturated carbocycles. The number of carbonyl (C=O) groups is 1. The van der Waals surface area contributed by atoms with Crippen molar-refractivity contribution in [1.29, 1.82) is 0 Å². The van der Waals surface area contributed by atoms with Crippen LogP contribution in [-0.2, 0) is 4.79 Å². The standard InChI is InChI=1S/C23H23ClFN5OS/c24-18-11-9-17(10-12-18)22-28-29-23(30(22)20-7-2-1-3-8-20)32-15-21(31)27-26-14-16-5-4-6-19(25)13-16/h4-6,9-14,20H,1-3,7-8,15H2,(H,27,31)/b26-14-. The molecule has 1 aliphatic rings. The summed E-state index contributed by atoms with van der Waals surface area (Å²) in [5.74, 6) is 0.315. The van der Waals surface area contributed by atoms with Gasteiger partial charge >= 0.3 is 0 Å². The molecule has 0 saturated heterocycles. The van der Waals surface area contributed by atoms with Gasteiger partial charge in [-0.15, -0.1) is 10.2 Å². The van der Waals surface area contributed by atoms with E-state index in [1.807, 2.05) is 24.3 Å². The molecule has 166 valence electrons. The fraction of sp³-hybridized carbons (Fsp3) is 0.304. The fourth-order valence-corrected chi connectivity index (χ4v) is 4.69. The van der Waals surface area contributed by atoms with Crippen molar-refractivity contribution >= 4 is 35.5 Å². The van der Waals surface area contributed by atoms with Gasteiger partial charge in [-0.3, -0.25) is 9.36 Å². The summed E-state index contributed by atoms with van der Waals surface area (Å²) >= 11 is 7.38. The molecule has 3 aromatic rings. The highest BCUT2D eigenvalue weighted by Crippen LogP contribution is 2.35. The molecule has 1 heterocycles. The third kappa shape index (κ3) is 5.75. The Kier molecular flexibility index (Phi) is 7.55. The van der Waals surface area contributed by atoms with Crippen LogP contribution in [0, 0.1) is 5.82 Å². The zero-order valence-electron chi connectivity index (χ0n) is 17.4. The van der Waals surface area contributed by atoms with Crippen molar-refractivity contribution in [1.82, 2.24) is 20.2 Å². The number of benzene rings is 2. The average Bonchev–Trinajstić information content (AvgIpc) is 3.23. The Balaban J connectivity index is 1.45. The van der Waals surface area contributed by atoms with Gasteiger partial charge < -0.3 is 0 Å². The van der Waals surface area contributed by atoms with Gasteiger partial charge in [-0.25, -0.2) is 9.82 Å². The van der Waals surface area contributed by atoms with Gasteiger partial charge in [0.15, 0.2) is 11.0 Å². The molecule has 6 nitrogen and oxygen atoms in total.